The van der Waals surface area contributed by atoms with Gasteiger partial charge in [0.2, 0.25) is 5.91 Å². The fraction of sp³-hybridized carbons (Fsp3) is 0.231. The number of methoxy groups -OCH3 is 2. The first-order chi connectivity index (χ1) is 16.1. The molecule has 3 aromatic rings. The summed E-state index contributed by atoms with van der Waals surface area (Å²) >= 11 is 1.47. The monoisotopic (exact) mass is 462 g/mol. The summed E-state index contributed by atoms with van der Waals surface area (Å²) in [5, 5.41) is 2.91. The van der Waals surface area contributed by atoms with Gasteiger partial charge in [-0.3, -0.25) is 9.59 Å². The van der Waals surface area contributed by atoms with Gasteiger partial charge in [-0.05, 0) is 60.9 Å². The third-order valence-electron chi connectivity index (χ3n) is 5.51. The van der Waals surface area contributed by atoms with Crippen LogP contribution >= 0.6 is 11.8 Å². The van der Waals surface area contributed by atoms with Crippen LogP contribution in [0.15, 0.2) is 71.6 Å². The first kappa shape index (κ1) is 22.7. The zero-order valence-corrected chi connectivity index (χ0v) is 19.5. The van der Waals surface area contributed by atoms with Crippen LogP contribution < -0.4 is 19.7 Å². The number of hydrogen-bond donors (Lipinski definition) is 1. The van der Waals surface area contributed by atoms with Gasteiger partial charge in [0.15, 0.2) is 11.5 Å². The summed E-state index contributed by atoms with van der Waals surface area (Å²) in [4.78, 5) is 28.4. The fourth-order valence-electron chi connectivity index (χ4n) is 3.86. The second kappa shape index (κ2) is 10.4. The first-order valence-corrected chi connectivity index (χ1v) is 11.7. The largest absolute Gasteiger partial charge is 0.493 e. The van der Waals surface area contributed by atoms with Crippen molar-refractivity contribution in [3.63, 3.8) is 0 Å². The quantitative estimate of drug-likeness (QED) is 0.499. The Morgan fingerprint density at radius 3 is 2.61 bits per heavy atom. The lowest BCUT2D eigenvalue weighted by molar-refractivity contribution is -0.116. The molecule has 0 spiro atoms. The van der Waals surface area contributed by atoms with Gasteiger partial charge in [0, 0.05) is 28.4 Å². The molecule has 0 aliphatic carbocycles. The summed E-state index contributed by atoms with van der Waals surface area (Å²) in [6.45, 7) is 0.748. The molecule has 2 amide bonds. The highest BCUT2D eigenvalue weighted by Crippen LogP contribution is 2.30. The molecule has 0 unspecified atom stereocenters. The third-order valence-corrected chi connectivity index (χ3v) is 6.49. The maximum absolute atomic E-state index is 12.9. The number of fused-ring (bicyclic) bond motifs is 1. The van der Waals surface area contributed by atoms with E-state index in [0.29, 0.717) is 28.5 Å². The smallest absolute Gasteiger partial charge is 0.255 e. The number of rotatable bonds is 7. The molecular weight excluding hydrogens is 436 g/mol. The van der Waals surface area contributed by atoms with Crippen molar-refractivity contribution in [2.45, 2.75) is 17.7 Å². The number of nitrogens with zero attached hydrogens (tertiary/aromatic N) is 1. The zero-order chi connectivity index (χ0) is 23.2. The van der Waals surface area contributed by atoms with Crippen LogP contribution in [0, 0.1) is 0 Å². The fourth-order valence-corrected chi connectivity index (χ4v) is 4.69. The minimum absolute atomic E-state index is 0.0897. The van der Waals surface area contributed by atoms with E-state index in [9.17, 15) is 9.59 Å². The Balaban J connectivity index is 1.39. The molecule has 1 heterocycles. The Morgan fingerprint density at radius 2 is 1.79 bits per heavy atom. The molecule has 6 nitrogen and oxygen atoms in total. The number of nitrogens with one attached hydrogen (secondary N) is 1. The Hall–Kier alpha value is -3.45. The molecule has 0 aromatic heterocycles. The van der Waals surface area contributed by atoms with Crippen molar-refractivity contribution in [2.24, 2.45) is 0 Å². The van der Waals surface area contributed by atoms with E-state index in [1.165, 1.54) is 24.4 Å². The summed E-state index contributed by atoms with van der Waals surface area (Å²) < 4.78 is 10.5. The second-order valence-corrected chi connectivity index (χ2v) is 8.67. The van der Waals surface area contributed by atoms with E-state index in [1.54, 1.807) is 25.3 Å². The highest BCUT2D eigenvalue weighted by atomic mass is 32.2. The predicted molar refractivity (Wildman–Crippen MR) is 132 cm³/mol. The molecule has 170 valence electrons. The molecule has 33 heavy (non-hydrogen) atoms. The number of para-hydroxylation sites is 1. The Bertz CT molecular complexity index is 1160. The molecule has 0 fully saturated rings. The van der Waals surface area contributed by atoms with Gasteiger partial charge in [0.1, 0.15) is 0 Å². The molecule has 0 saturated carbocycles. The number of carbonyl (C=O) groups is 2. The van der Waals surface area contributed by atoms with Crippen molar-refractivity contribution in [3.8, 4) is 11.5 Å². The van der Waals surface area contributed by atoms with Gasteiger partial charge < -0.3 is 19.7 Å². The average molecular weight is 463 g/mol. The standard InChI is InChI=1S/C26H26N2O4S/c1-31-23-13-12-19(15-24(23)32-2)26(30)27-20-9-5-10-21(16-20)33-17-25(29)28-14-6-8-18-7-3-4-11-22(18)28/h3-5,7,9-13,15-16H,6,8,14,17H2,1-2H3,(H,27,30). The van der Waals surface area contributed by atoms with Gasteiger partial charge in [-0.1, -0.05) is 24.3 Å². The normalized spacial score (nSPS) is 12.6. The number of aryl methyl sites for hydroxylation is 1. The maximum atomic E-state index is 12.9. The molecule has 3 aromatic carbocycles. The van der Waals surface area contributed by atoms with Gasteiger partial charge in [0.05, 0.1) is 20.0 Å². The molecule has 1 aliphatic heterocycles. The van der Waals surface area contributed by atoms with Crippen molar-refractivity contribution < 1.29 is 19.1 Å². The van der Waals surface area contributed by atoms with E-state index in [-0.39, 0.29) is 11.8 Å². The molecule has 7 heteroatoms. The molecular formula is C26H26N2O4S. The topological polar surface area (TPSA) is 67.9 Å². The van der Waals surface area contributed by atoms with Crippen LogP contribution in [0.1, 0.15) is 22.3 Å². The minimum Gasteiger partial charge on any atom is -0.493 e. The summed E-state index contributed by atoms with van der Waals surface area (Å²) in [5.41, 5.74) is 3.37. The van der Waals surface area contributed by atoms with Crippen molar-refractivity contribution in [2.75, 3.05) is 36.7 Å². The second-order valence-electron chi connectivity index (χ2n) is 7.62. The van der Waals surface area contributed by atoms with Gasteiger partial charge in [-0.25, -0.2) is 0 Å². The highest BCUT2D eigenvalue weighted by Gasteiger charge is 2.22. The summed E-state index contributed by atoms with van der Waals surface area (Å²) in [6, 6.07) is 20.6. The molecule has 1 N–H and O–H groups in total. The van der Waals surface area contributed by atoms with E-state index in [2.05, 4.69) is 11.4 Å². The van der Waals surface area contributed by atoms with Gasteiger partial charge >= 0.3 is 0 Å². The maximum Gasteiger partial charge on any atom is 0.255 e. The number of thioether (sulfide) groups is 1. The summed E-state index contributed by atoms with van der Waals surface area (Å²) in [6.07, 6.45) is 1.99. The summed E-state index contributed by atoms with van der Waals surface area (Å²) in [7, 11) is 3.08. The van der Waals surface area contributed by atoms with Gasteiger partial charge in [-0.2, -0.15) is 0 Å². The van der Waals surface area contributed by atoms with Crippen molar-refractivity contribution in [3.05, 3.63) is 77.9 Å². The van der Waals surface area contributed by atoms with E-state index in [0.717, 1.165) is 30.0 Å². The Labute approximate surface area is 197 Å². The zero-order valence-electron chi connectivity index (χ0n) is 18.7. The van der Waals surface area contributed by atoms with Crippen LogP contribution in [0.4, 0.5) is 11.4 Å². The number of amides is 2. The molecule has 0 bridgehead atoms. The minimum atomic E-state index is -0.251. The number of benzene rings is 3. The van der Waals surface area contributed by atoms with Crippen LogP contribution in [-0.2, 0) is 11.2 Å². The van der Waals surface area contributed by atoms with Crippen LogP contribution in [0.5, 0.6) is 11.5 Å². The van der Waals surface area contributed by atoms with Crippen LogP contribution in [-0.4, -0.2) is 38.3 Å². The van der Waals surface area contributed by atoms with Crippen LogP contribution in [0.25, 0.3) is 0 Å². The Morgan fingerprint density at radius 1 is 0.970 bits per heavy atom. The van der Waals surface area contributed by atoms with Gasteiger partial charge in [-0.15, -0.1) is 11.8 Å². The lowest BCUT2D eigenvalue weighted by Gasteiger charge is -2.29. The van der Waals surface area contributed by atoms with E-state index in [1.807, 2.05) is 47.4 Å². The summed E-state index contributed by atoms with van der Waals surface area (Å²) in [5.74, 6) is 1.23. The van der Waals surface area contributed by atoms with Crippen molar-refractivity contribution in [1.29, 1.82) is 0 Å². The number of hydrogen-bond acceptors (Lipinski definition) is 5. The lowest BCUT2D eigenvalue weighted by atomic mass is 10.0. The number of carbonyl (C=O) groups excluding carboxylic acids is 2. The molecule has 0 atom stereocenters. The van der Waals surface area contributed by atoms with Crippen molar-refractivity contribution >= 4 is 35.0 Å². The highest BCUT2D eigenvalue weighted by molar-refractivity contribution is 8.00. The van der Waals surface area contributed by atoms with E-state index < -0.39 is 0 Å². The number of anilines is 2. The molecule has 4 rings (SSSR count). The van der Waals surface area contributed by atoms with E-state index in [4.69, 9.17) is 9.47 Å². The third kappa shape index (κ3) is 5.31. The first-order valence-electron chi connectivity index (χ1n) is 10.7. The molecule has 0 radical (unpaired) electrons. The SMILES string of the molecule is COc1ccc(C(=O)Nc2cccc(SCC(=O)N3CCCc4ccccc43)c2)cc1OC. The Kier molecular flexibility index (Phi) is 7.19. The molecule has 1 aliphatic rings. The lowest BCUT2D eigenvalue weighted by Crippen LogP contribution is -2.36. The van der Waals surface area contributed by atoms with Crippen molar-refractivity contribution in [1.82, 2.24) is 0 Å². The predicted octanol–water partition coefficient (Wildman–Crippen LogP) is 5.03. The average Bonchev–Trinajstić information content (AvgIpc) is 2.86. The van der Waals surface area contributed by atoms with E-state index >= 15 is 0 Å². The number of ether oxygens (including phenoxy) is 2. The van der Waals surface area contributed by atoms with Gasteiger partial charge in [0.25, 0.3) is 5.91 Å². The van der Waals surface area contributed by atoms with Crippen LogP contribution in [0.2, 0.25) is 0 Å². The van der Waals surface area contributed by atoms with Crippen LogP contribution in [0.3, 0.4) is 0 Å². The molecule has 0 saturated heterocycles.